The quantitative estimate of drug-likeness (QED) is 0.299. The minimum absolute atomic E-state index is 0.674. The molecule has 0 aliphatic carbocycles. The van der Waals surface area contributed by atoms with Crippen LogP contribution in [0.4, 0.5) is 0 Å². The number of hydrogen-bond acceptors (Lipinski definition) is 1. The molecule has 0 amide bonds. The first-order valence-electron chi connectivity index (χ1n) is 10.4. The molecule has 0 saturated heterocycles. The van der Waals surface area contributed by atoms with Crippen LogP contribution in [0.1, 0.15) is 5.56 Å². The predicted molar refractivity (Wildman–Crippen MR) is 128 cm³/mol. The number of benzene rings is 5. The molecule has 0 unspecified atom stereocenters. The zero-order chi connectivity index (χ0) is 20.8. The number of rotatable bonds is 2. The Bertz CT molecular complexity index is 1590. The summed E-state index contributed by atoms with van der Waals surface area (Å²) in [5.41, 5.74) is 6.43. The third-order valence-corrected chi connectivity index (χ3v) is 6.02. The zero-order valence-electron chi connectivity index (χ0n) is 16.8. The van der Waals surface area contributed by atoms with Gasteiger partial charge in [-0.15, -0.1) is 0 Å². The Morgan fingerprint density at radius 3 is 1.90 bits per heavy atom. The van der Waals surface area contributed by atoms with E-state index < -0.39 is 0 Å². The maximum absolute atomic E-state index is 9.34. The summed E-state index contributed by atoms with van der Waals surface area (Å²) in [5.74, 6) is 0. The Morgan fingerprint density at radius 1 is 0.548 bits per heavy atom. The topological polar surface area (TPSA) is 28.7 Å². The van der Waals surface area contributed by atoms with Gasteiger partial charge >= 0.3 is 0 Å². The second-order valence-corrected chi connectivity index (χ2v) is 7.74. The fraction of sp³-hybridized carbons (Fsp3) is 0. The lowest BCUT2D eigenvalue weighted by Crippen LogP contribution is -1.95. The van der Waals surface area contributed by atoms with E-state index in [9.17, 15) is 5.26 Å². The molecule has 5 aromatic carbocycles. The molecule has 2 nitrogen and oxygen atoms in total. The van der Waals surface area contributed by atoms with Crippen molar-refractivity contribution < 1.29 is 0 Å². The van der Waals surface area contributed by atoms with Gasteiger partial charge in [0.15, 0.2) is 0 Å². The smallest absolute Gasteiger partial charge is 0.0991 e. The number of nitriles is 1. The van der Waals surface area contributed by atoms with Crippen molar-refractivity contribution >= 4 is 32.6 Å². The number of aromatic nitrogens is 1. The van der Waals surface area contributed by atoms with Gasteiger partial charge < -0.3 is 4.57 Å². The molecule has 0 radical (unpaired) electrons. The average molecular weight is 394 g/mol. The fourth-order valence-electron chi connectivity index (χ4n) is 4.68. The summed E-state index contributed by atoms with van der Waals surface area (Å²) >= 11 is 0. The monoisotopic (exact) mass is 394 g/mol. The molecule has 0 aliphatic rings. The molecule has 0 aliphatic heterocycles. The van der Waals surface area contributed by atoms with E-state index in [1.54, 1.807) is 0 Å². The highest BCUT2D eigenvalue weighted by atomic mass is 15.0. The van der Waals surface area contributed by atoms with Crippen molar-refractivity contribution in [2.24, 2.45) is 0 Å². The van der Waals surface area contributed by atoms with Gasteiger partial charge in [0, 0.05) is 16.2 Å². The van der Waals surface area contributed by atoms with Crippen LogP contribution in [0.25, 0.3) is 49.4 Å². The summed E-state index contributed by atoms with van der Waals surface area (Å²) in [6, 6.07) is 40.1. The number of nitrogens with zero attached hydrogens (tertiary/aromatic N) is 2. The molecule has 1 aromatic heterocycles. The Labute approximate surface area is 180 Å². The lowest BCUT2D eigenvalue weighted by molar-refractivity contribution is 1.20. The maximum Gasteiger partial charge on any atom is 0.0991 e. The van der Waals surface area contributed by atoms with Crippen molar-refractivity contribution in [2.45, 2.75) is 0 Å². The van der Waals surface area contributed by atoms with E-state index in [1.807, 2.05) is 18.2 Å². The van der Waals surface area contributed by atoms with Gasteiger partial charge in [0.25, 0.3) is 0 Å². The van der Waals surface area contributed by atoms with Crippen LogP contribution in [0.5, 0.6) is 0 Å². The normalized spacial score (nSPS) is 11.2. The molecule has 0 saturated carbocycles. The van der Waals surface area contributed by atoms with E-state index in [2.05, 4.69) is 102 Å². The zero-order valence-corrected chi connectivity index (χ0v) is 16.8. The van der Waals surface area contributed by atoms with Crippen LogP contribution in [0, 0.1) is 11.3 Å². The molecule has 6 aromatic rings. The molecule has 0 spiro atoms. The number of para-hydroxylation sites is 2. The first-order chi connectivity index (χ1) is 15.3. The molecule has 6 rings (SSSR count). The summed E-state index contributed by atoms with van der Waals surface area (Å²) in [6.07, 6.45) is 0. The first kappa shape index (κ1) is 17.5. The van der Waals surface area contributed by atoms with Crippen molar-refractivity contribution in [3.8, 4) is 22.9 Å². The second kappa shape index (κ2) is 6.86. The third kappa shape index (κ3) is 2.64. The van der Waals surface area contributed by atoms with Crippen molar-refractivity contribution in [2.75, 3.05) is 0 Å². The summed E-state index contributed by atoms with van der Waals surface area (Å²) in [5, 5.41) is 14.2. The second-order valence-electron chi connectivity index (χ2n) is 7.74. The van der Waals surface area contributed by atoms with Crippen molar-refractivity contribution in [3.63, 3.8) is 0 Å². The van der Waals surface area contributed by atoms with Gasteiger partial charge in [0.2, 0.25) is 0 Å². The highest BCUT2D eigenvalue weighted by Gasteiger charge is 2.14. The van der Waals surface area contributed by atoms with Crippen molar-refractivity contribution in [1.82, 2.24) is 4.57 Å². The lowest BCUT2D eigenvalue weighted by Gasteiger charge is -2.14. The minimum Gasteiger partial charge on any atom is -0.309 e. The van der Waals surface area contributed by atoms with Crippen LogP contribution >= 0.6 is 0 Å². The molecule has 144 valence electrons. The Kier molecular flexibility index (Phi) is 3.88. The Morgan fingerprint density at radius 2 is 1.16 bits per heavy atom. The third-order valence-electron chi connectivity index (χ3n) is 6.02. The standard InChI is InChI=1S/C29H18N2/c30-19-20-8-5-9-21(18-20)22-12-6-14-24-23(22)13-7-17-29(24)31-27-15-3-1-10-25(27)26-11-2-4-16-28(26)31/h1-18H. The van der Waals surface area contributed by atoms with E-state index in [0.29, 0.717) is 5.56 Å². The summed E-state index contributed by atoms with van der Waals surface area (Å²) in [7, 11) is 0. The molecular weight excluding hydrogens is 376 g/mol. The predicted octanol–water partition coefficient (Wildman–Crippen LogP) is 7.48. The van der Waals surface area contributed by atoms with Crippen LogP contribution in [0.2, 0.25) is 0 Å². The van der Waals surface area contributed by atoms with E-state index in [-0.39, 0.29) is 0 Å². The van der Waals surface area contributed by atoms with Gasteiger partial charge in [-0.05, 0) is 46.8 Å². The average Bonchev–Trinajstić information content (AvgIpc) is 3.18. The van der Waals surface area contributed by atoms with Gasteiger partial charge in [-0.3, -0.25) is 0 Å². The van der Waals surface area contributed by atoms with Gasteiger partial charge in [-0.2, -0.15) is 5.26 Å². The van der Waals surface area contributed by atoms with Crippen LogP contribution in [-0.4, -0.2) is 4.57 Å². The van der Waals surface area contributed by atoms with Crippen molar-refractivity contribution in [1.29, 1.82) is 5.26 Å². The number of fused-ring (bicyclic) bond motifs is 4. The Balaban J connectivity index is 1.70. The van der Waals surface area contributed by atoms with Gasteiger partial charge in [0.05, 0.1) is 28.4 Å². The highest BCUT2D eigenvalue weighted by Crippen LogP contribution is 2.37. The molecule has 2 heteroatoms. The lowest BCUT2D eigenvalue weighted by atomic mass is 9.96. The molecule has 0 fully saturated rings. The highest BCUT2D eigenvalue weighted by molar-refractivity contribution is 6.11. The summed E-state index contributed by atoms with van der Waals surface area (Å²) in [4.78, 5) is 0. The van der Waals surface area contributed by atoms with Crippen molar-refractivity contribution in [3.05, 3.63) is 115 Å². The van der Waals surface area contributed by atoms with Crippen LogP contribution in [0.3, 0.4) is 0 Å². The van der Waals surface area contributed by atoms with Crippen LogP contribution in [-0.2, 0) is 0 Å². The van der Waals surface area contributed by atoms with Gasteiger partial charge in [-0.1, -0.05) is 78.9 Å². The largest absolute Gasteiger partial charge is 0.309 e. The van der Waals surface area contributed by atoms with Crippen LogP contribution < -0.4 is 0 Å². The molecule has 0 N–H and O–H groups in total. The summed E-state index contributed by atoms with van der Waals surface area (Å²) in [6.45, 7) is 0. The summed E-state index contributed by atoms with van der Waals surface area (Å²) < 4.78 is 2.36. The van der Waals surface area contributed by atoms with E-state index in [0.717, 1.165) is 16.8 Å². The van der Waals surface area contributed by atoms with Crippen LogP contribution in [0.15, 0.2) is 109 Å². The maximum atomic E-state index is 9.34. The SMILES string of the molecule is N#Cc1cccc(-c2cccc3c(-n4c5ccccc5c5ccccc54)cccc23)c1. The molecule has 0 atom stereocenters. The Hall–Kier alpha value is -4.35. The van der Waals surface area contributed by atoms with E-state index in [1.165, 1.54) is 32.6 Å². The molecule has 0 bridgehead atoms. The number of hydrogen-bond donors (Lipinski definition) is 0. The molecule has 1 heterocycles. The van der Waals surface area contributed by atoms with E-state index in [4.69, 9.17) is 0 Å². The molecule has 31 heavy (non-hydrogen) atoms. The molecular formula is C29H18N2. The fourth-order valence-corrected chi connectivity index (χ4v) is 4.68. The minimum atomic E-state index is 0.674. The van der Waals surface area contributed by atoms with Gasteiger partial charge in [-0.25, -0.2) is 0 Å². The first-order valence-corrected chi connectivity index (χ1v) is 10.4. The van der Waals surface area contributed by atoms with E-state index >= 15 is 0 Å². The van der Waals surface area contributed by atoms with Gasteiger partial charge in [0.1, 0.15) is 0 Å².